The van der Waals surface area contributed by atoms with Crippen LogP contribution in [-0.2, 0) is 9.53 Å². The van der Waals surface area contributed by atoms with E-state index >= 15 is 0 Å². The van der Waals surface area contributed by atoms with Crippen molar-refractivity contribution in [3.8, 4) is 0 Å². The number of benzene rings is 1. The van der Waals surface area contributed by atoms with Crippen molar-refractivity contribution in [1.29, 1.82) is 0 Å². The number of rotatable bonds is 8. The highest BCUT2D eigenvalue weighted by atomic mass is 16.8. The van der Waals surface area contributed by atoms with Gasteiger partial charge in [0.25, 0.3) is 5.91 Å². The molecule has 2 atom stereocenters. The molecule has 138 valence electrons. The number of nitrogens with zero attached hydrogens (tertiary/aromatic N) is 1. The van der Waals surface area contributed by atoms with E-state index in [-0.39, 0.29) is 24.8 Å². The topological polar surface area (TPSA) is 154 Å². The Hall–Kier alpha value is -2.69. The summed E-state index contributed by atoms with van der Waals surface area (Å²) in [7, 11) is 1.24. The van der Waals surface area contributed by atoms with E-state index in [0.29, 0.717) is 12.0 Å². The lowest BCUT2D eigenvalue weighted by Gasteiger charge is -2.16. The minimum atomic E-state index is -1.31. The van der Waals surface area contributed by atoms with Gasteiger partial charge >= 0.3 is 5.97 Å². The van der Waals surface area contributed by atoms with Crippen LogP contribution >= 0.6 is 0 Å². The Bertz CT molecular complexity index is 603. The number of methoxy groups -OCH3 is 1. The van der Waals surface area contributed by atoms with Crippen LogP contribution in [0.2, 0.25) is 0 Å². The summed E-state index contributed by atoms with van der Waals surface area (Å²) in [5, 5.41) is 20.2. The average molecular weight is 353 g/mol. The van der Waals surface area contributed by atoms with E-state index in [1.807, 2.05) is 12.3 Å². The third-order valence-corrected chi connectivity index (χ3v) is 3.27. The minimum Gasteiger partial charge on any atom is -0.574 e. The molecule has 0 aromatic heterocycles. The zero-order chi connectivity index (χ0) is 18.8. The molecule has 25 heavy (non-hydrogen) atoms. The molecule has 0 spiro atoms. The summed E-state index contributed by atoms with van der Waals surface area (Å²) in [4.78, 5) is 27.8. The van der Waals surface area contributed by atoms with E-state index in [2.05, 4.69) is 10.3 Å². The monoisotopic (exact) mass is 353 g/mol. The smallest absolute Gasteiger partial charge is 0.328 e. The molecule has 10 heteroatoms. The molecule has 1 unspecified atom stereocenters. The lowest BCUT2D eigenvalue weighted by Crippen LogP contribution is -3.13. The summed E-state index contributed by atoms with van der Waals surface area (Å²) in [5.74, 6) is -1.18. The van der Waals surface area contributed by atoms with Crippen molar-refractivity contribution in [2.45, 2.75) is 25.8 Å². The van der Waals surface area contributed by atoms with Gasteiger partial charge in [-0.15, -0.1) is 5.34 Å². The van der Waals surface area contributed by atoms with E-state index in [1.54, 1.807) is 24.3 Å². The van der Waals surface area contributed by atoms with Crippen LogP contribution in [0.15, 0.2) is 29.3 Å². The molecule has 0 saturated carbocycles. The van der Waals surface area contributed by atoms with Gasteiger partial charge in [-0.3, -0.25) is 4.79 Å². The molecule has 0 radical (unpaired) electrons. The number of esters is 1. The Morgan fingerprint density at radius 2 is 2.04 bits per heavy atom. The number of ether oxygens (including phenoxy) is 1. The maximum atomic E-state index is 12.2. The van der Waals surface area contributed by atoms with E-state index in [9.17, 15) is 14.8 Å². The second-order valence-corrected chi connectivity index (χ2v) is 5.25. The number of aryl methyl sites for hydroxylation is 1. The van der Waals surface area contributed by atoms with Crippen LogP contribution < -0.4 is 21.8 Å². The highest BCUT2D eigenvalue weighted by Gasteiger charge is 2.21. The minimum absolute atomic E-state index is 0.194. The maximum absolute atomic E-state index is 12.2. The highest BCUT2D eigenvalue weighted by molar-refractivity contribution is 5.96. The van der Waals surface area contributed by atoms with Crippen LogP contribution in [0.5, 0.6) is 0 Å². The summed E-state index contributed by atoms with van der Waals surface area (Å²) in [6.07, 6.45) is 0.671. The molecule has 0 aliphatic heterocycles. The van der Waals surface area contributed by atoms with Gasteiger partial charge in [0.2, 0.25) is 5.96 Å². The second-order valence-electron chi connectivity index (χ2n) is 5.25. The standard InChI is InChI=1S/C15H23N5O5/c1-10-5-7-11(8-6-10)13(21)18-12(14(22)25-2)4-3-9-17-15(16)19-20(23)24/h5-8,12,20,23H,3-4,9H2,1-2H3,(H,18,21)(H3,16,17,19)/t12-/m0/s1. The Morgan fingerprint density at radius 3 is 2.60 bits per heavy atom. The van der Waals surface area contributed by atoms with E-state index in [1.165, 1.54) is 7.11 Å². The van der Waals surface area contributed by atoms with E-state index in [0.717, 1.165) is 5.56 Å². The molecule has 0 heterocycles. The van der Waals surface area contributed by atoms with Crippen LogP contribution in [0, 0.1) is 12.1 Å². The van der Waals surface area contributed by atoms with Crippen molar-refractivity contribution in [3.05, 3.63) is 40.6 Å². The normalized spacial score (nSPS) is 13.7. The van der Waals surface area contributed by atoms with E-state index < -0.39 is 17.3 Å². The molecule has 0 aliphatic carbocycles. The Morgan fingerprint density at radius 1 is 1.40 bits per heavy atom. The molecule has 0 aliphatic rings. The number of amides is 1. The first kappa shape index (κ1) is 20.4. The number of quaternary nitrogens is 1. The first-order chi connectivity index (χ1) is 11.8. The number of nitrogens with one attached hydrogen (secondary N) is 3. The lowest BCUT2D eigenvalue weighted by molar-refractivity contribution is -1.08. The van der Waals surface area contributed by atoms with Crippen molar-refractivity contribution in [1.82, 2.24) is 10.7 Å². The zero-order valence-electron chi connectivity index (χ0n) is 14.1. The molecule has 0 fully saturated rings. The summed E-state index contributed by atoms with van der Waals surface area (Å²) < 4.78 is 4.69. The highest BCUT2D eigenvalue weighted by Crippen LogP contribution is 2.06. The summed E-state index contributed by atoms with van der Waals surface area (Å²) in [5.41, 5.74) is 8.71. The summed E-state index contributed by atoms with van der Waals surface area (Å²) >= 11 is 0. The van der Waals surface area contributed by atoms with Gasteiger partial charge in [0.05, 0.1) is 7.11 Å². The van der Waals surface area contributed by atoms with Crippen LogP contribution in [0.3, 0.4) is 0 Å². The fourth-order valence-corrected chi connectivity index (χ4v) is 1.98. The first-order valence-electron chi connectivity index (χ1n) is 7.58. The van der Waals surface area contributed by atoms with Crippen molar-refractivity contribution < 1.29 is 24.9 Å². The van der Waals surface area contributed by atoms with Crippen LogP contribution in [0.4, 0.5) is 0 Å². The number of nitrogens with two attached hydrogens (primary N) is 1. The average Bonchev–Trinajstić information content (AvgIpc) is 2.56. The third-order valence-electron chi connectivity index (χ3n) is 3.27. The fraction of sp³-hybridized carbons (Fsp3) is 0.400. The van der Waals surface area contributed by atoms with Crippen LogP contribution in [0.1, 0.15) is 28.8 Å². The third kappa shape index (κ3) is 7.61. The van der Waals surface area contributed by atoms with Gasteiger partial charge in [0, 0.05) is 12.1 Å². The van der Waals surface area contributed by atoms with Crippen molar-refractivity contribution in [3.63, 3.8) is 0 Å². The van der Waals surface area contributed by atoms with Crippen molar-refractivity contribution in [2.75, 3.05) is 13.7 Å². The molecule has 0 bridgehead atoms. The molecule has 0 saturated heterocycles. The van der Waals surface area contributed by atoms with Gasteiger partial charge in [-0.05, 0) is 31.9 Å². The van der Waals surface area contributed by atoms with Gasteiger partial charge in [-0.2, -0.15) is 10.6 Å². The Balaban J connectivity index is 2.58. The Kier molecular flexibility index (Phi) is 8.33. The predicted molar refractivity (Wildman–Crippen MR) is 89.4 cm³/mol. The number of guanidine groups is 1. The summed E-state index contributed by atoms with van der Waals surface area (Å²) in [6.45, 7) is 2.10. The number of carbonyl (C=O) groups excluding carboxylic acids is 2. The van der Waals surface area contributed by atoms with Gasteiger partial charge in [-0.25, -0.2) is 9.79 Å². The van der Waals surface area contributed by atoms with Crippen LogP contribution in [-0.4, -0.2) is 42.7 Å². The second kappa shape index (κ2) is 10.2. The molecule has 10 nitrogen and oxygen atoms in total. The zero-order valence-corrected chi connectivity index (χ0v) is 14.1. The first-order valence-corrected chi connectivity index (χ1v) is 7.58. The number of carbonyl (C=O) groups is 2. The molecule has 6 N–H and O–H groups in total. The van der Waals surface area contributed by atoms with Gasteiger partial charge < -0.3 is 21.0 Å². The molecular formula is C15H23N5O5. The van der Waals surface area contributed by atoms with Gasteiger partial charge in [-0.1, -0.05) is 17.7 Å². The van der Waals surface area contributed by atoms with Crippen molar-refractivity contribution >= 4 is 17.8 Å². The fourth-order valence-electron chi connectivity index (χ4n) is 1.98. The largest absolute Gasteiger partial charge is 0.574 e. The molecule has 1 amide bonds. The lowest BCUT2D eigenvalue weighted by atomic mass is 10.1. The quantitative estimate of drug-likeness (QED) is 0.127. The maximum Gasteiger partial charge on any atom is 0.328 e. The molecule has 1 aromatic carbocycles. The molecule has 1 rings (SSSR count). The van der Waals surface area contributed by atoms with Gasteiger partial charge in [0.1, 0.15) is 6.04 Å². The summed E-state index contributed by atoms with van der Waals surface area (Å²) in [6, 6.07) is 6.11. The SMILES string of the molecule is COC(=O)[C@H](CCCN=C(N)N[NH+]([O-])O)NC(=O)c1ccc(C)cc1. The molecular weight excluding hydrogens is 330 g/mol. The Labute approximate surface area is 145 Å². The van der Waals surface area contributed by atoms with E-state index in [4.69, 9.17) is 15.7 Å². The van der Waals surface area contributed by atoms with Crippen LogP contribution in [0.25, 0.3) is 0 Å². The van der Waals surface area contributed by atoms with Gasteiger partial charge in [0.15, 0.2) is 0 Å². The number of hydrogen-bond acceptors (Lipinski definition) is 6. The van der Waals surface area contributed by atoms with Crippen molar-refractivity contribution in [2.24, 2.45) is 10.7 Å². The molecule has 1 aromatic rings. The number of hydrogen-bond donors (Lipinski definition) is 5. The predicted octanol–water partition coefficient (Wildman–Crippen LogP) is -1.36. The number of aliphatic imine (C=N–C) groups is 1.